The first-order chi connectivity index (χ1) is 7.79. The van der Waals surface area contributed by atoms with E-state index in [0.717, 1.165) is 23.9 Å². The molecule has 1 aromatic carbocycles. The minimum atomic E-state index is -0.297. The largest absolute Gasteiger partial charge is 0.497 e. The fraction of sp³-hybridized carbons (Fsp3) is 0.364. The van der Waals surface area contributed by atoms with E-state index in [4.69, 9.17) is 4.74 Å². The lowest BCUT2D eigenvalue weighted by Crippen LogP contribution is -2.14. The molecule has 1 aliphatic heterocycles. The molecule has 86 valence electrons. The second-order valence-electron chi connectivity index (χ2n) is 3.36. The topological polar surface area (TPSA) is 33.6 Å². The van der Waals surface area contributed by atoms with Crippen LogP contribution in [0.3, 0.4) is 0 Å². The lowest BCUT2D eigenvalue weighted by molar-refractivity contribution is 0.414. The van der Waals surface area contributed by atoms with E-state index in [-0.39, 0.29) is 5.82 Å². The Bertz CT molecular complexity index is 409. The third kappa shape index (κ3) is 2.66. The number of halogens is 1. The van der Waals surface area contributed by atoms with Crippen molar-refractivity contribution in [1.29, 1.82) is 0 Å². The Hall–Kier alpha value is -1.23. The molecule has 0 spiro atoms. The quantitative estimate of drug-likeness (QED) is 0.863. The molecule has 16 heavy (non-hydrogen) atoms. The summed E-state index contributed by atoms with van der Waals surface area (Å²) in [6, 6.07) is 4.61. The van der Waals surface area contributed by atoms with E-state index in [1.54, 1.807) is 31.0 Å². The van der Waals surface area contributed by atoms with Crippen LogP contribution >= 0.6 is 11.8 Å². The molecule has 1 aliphatic rings. The Morgan fingerprint density at radius 3 is 3.06 bits per heavy atom. The Morgan fingerprint density at radius 2 is 2.38 bits per heavy atom. The summed E-state index contributed by atoms with van der Waals surface area (Å²) in [6.45, 7) is 0.806. The van der Waals surface area contributed by atoms with Crippen LogP contribution in [0.15, 0.2) is 23.2 Å². The van der Waals surface area contributed by atoms with Gasteiger partial charge in [-0.3, -0.25) is 4.99 Å². The molecule has 0 unspecified atom stereocenters. The number of anilines is 1. The SMILES string of the molecule is COc1ccc(F)c(NC2=NCCCS2)c1. The van der Waals surface area contributed by atoms with Crippen molar-refractivity contribution >= 4 is 22.6 Å². The van der Waals surface area contributed by atoms with Gasteiger partial charge in [0.1, 0.15) is 11.6 Å². The summed E-state index contributed by atoms with van der Waals surface area (Å²) in [6.07, 6.45) is 1.08. The maximum atomic E-state index is 13.5. The number of methoxy groups -OCH3 is 1. The zero-order valence-electron chi connectivity index (χ0n) is 9.00. The second-order valence-corrected chi connectivity index (χ2v) is 4.44. The lowest BCUT2D eigenvalue weighted by Gasteiger charge is -2.14. The zero-order chi connectivity index (χ0) is 11.4. The van der Waals surface area contributed by atoms with Crippen molar-refractivity contribution in [2.75, 3.05) is 24.7 Å². The van der Waals surface area contributed by atoms with Gasteiger partial charge in [-0.1, -0.05) is 11.8 Å². The average molecular weight is 240 g/mol. The minimum absolute atomic E-state index is 0.297. The van der Waals surface area contributed by atoms with Gasteiger partial charge in [0.2, 0.25) is 0 Å². The minimum Gasteiger partial charge on any atom is -0.497 e. The van der Waals surface area contributed by atoms with Gasteiger partial charge in [-0.2, -0.15) is 0 Å². The number of rotatable bonds is 2. The van der Waals surface area contributed by atoms with Crippen LogP contribution in [0, 0.1) is 5.82 Å². The van der Waals surface area contributed by atoms with E-state index in [9.17, 15) is 4.39 Å². The molecule has 0 saturated heterocycles. The third-order valence-corrected chi connectivity index (χ3v) is 3.21. The van der Waals surface area contributed by atoms with Crippen molar-refractivity contribution in [2.45, 2.75) is 6.42 Å². The van der Waals surface area contributed by atoms with Crippen LogP contribution in [-0.2, 0) is 0 Å². The van der Waals surface area contributed by atoms with Crippen LogP contribution in [0.1, 0.15) is 6.42 Å². The number of ether oxygens (including phenoxy) is 1. The summed E-state index contributed by atoms with van der Waals surface area (Å²) in [5.74, 6) is 1.36. The summed E-state index contributed by atoms with van der Waals surface area (Å²) >= 11 is 1.61. The van der Waals surface area contributed by atoms with E-state index in [1.165, 1.54) is 6.07 Å². The molecule has 0 bridgehead atoms. The Balaban J connectivity index is 2.16. The summed E-state index contributed by atoms with van der Waals surface area (Å²) in [4.78, 5) is 4.28. The fourth-order valence-electron chi connectivity index (χ4n) is 1.38. The van der Waals surface area contributed by atoms with Gasteiger partial charge in [-0.05, 0) is 18.6 Å². The molecular formula is C11H13FN2OS. The van der Waals surface area contributed by atoms with Gasteiger partial charge in [0.15, 0.2) is 5.17 Å². The summed E-state index contributed by atoms with van der Waals surface area (Å²) < 4.78 is 18.5. The first kappa shape index (κ1) is 11.3. The van der Waals surface area contributed by atoms with E-state index < -0.39 is 0 Å². The lowest BCUT2D eigenvalue weighted by atomic mass is 10.3. The zero-order valence-corrected chi connectivity index (χ0v) is 9.81. The molecule has 0 amide bonds. The molecule has 0 fully saturated rings. The van der Waals surface area contributed by atoms with Gasteiger partial charge >= 0.3 is 0 Å². The van der Waals surface area contributed by atoms with Gasteiger partial charge in [-0.15, -0.1) is 0 Å². The van der Waals surface area contributed by atoms with Crippen LogP contribution in [0.2, 0.25) is 0 Å². The molecule has 0 radical (unpaired) electrons. The van der Waals surface area contributed by atoms with Crippen molar-refractivity contribution < 1.29 is 9.13 Å². The van der Waals surface area contributed by atoms with Crippen molar-refractivity contribution in [2.24, 2.45) is 4.99 Å². The highest BCUT2D eigenvalue weighted by atomic mass is 32.2. The highest BCUT2D eigenvalue weighted by Crippen LogP contribution is 2.23. The van der Waals surface area contributed by atoms with Crippen LogP contribution < -0.4 is 10.1 Å². The van der Waals surface area contributed by atoms with E-state index in [0.29, 0.717) is 11.4 Å². The maximum Gasteiger partial charge on any atom is 0.161 e. The molecule has 3 nitrogen and oxygen atoms in total. The first-order valence-corrected chi connectivity index (χ1v) is 6.06. The molecule has 2 rings (SSSR count). The smallest absolute Gasteiger partial charge is 0.161 e. The monoisotopic (exact) mass is 240 g/mol. The van der Waals surface area contributed by atoms with Crippen LogP contribution in [-0.4, -0.2) is 24.6 Å². The molecule has 0 saturated carbocycles. The number of hydrogen-bond acceptors (Lipinski definition) is 4. The van der Waals surface area contributed by atoms with Crippen molar-refractivity contribution in [1.82, 2.24) is 0 Å². The molecule has 1 aromatic rings. The maximum absolute atomic E-state index is 13.5. The Kier molecular flexibility index (Phi) is 3.66. The van der Waals surface area contributed by atoms with Gasteiger partial charge in [0.05, 0.1) is 12.8 Å². The van der Waals surface area contributed by atoms with Gasteiger partial charge in [0.25, 0.3) is 0 Å². The fourth-order valence-corrected chi connectivity index (χ4v) is 2.21. The first-order valence-electron chi connectivity index (χ1n) is 5.07. The van der Waals surface area contributed by atoms with Gasteiger partial charge < -0.3 is 10.1 Å². The predicted molar refractivity (Wildman–Crippen MR) is 66.0 cm³/mol. The number of nitrogens with zero attached hydrogens (tertiary/aromatic N) is 1. The van der Waals surface area contributed by atoms with Crippen molar-refractivity contribution in [3.63, 3.8) is 0 Å². The normalized spacial score (nSPS) is 15.5. The summed E-state index contributed by atoms with van der Waals surface area (Å²) in [5, 5.41) is 3.76. The van der Waals surface area contributed by atoms with Crippen LogP contribution in [0.4, 0.5) is 10.1 Å². The molecular weight excluding hydrogens is 227 g/mol. The average Bonchev–Trinajstić information content (AvgIpc) is 2.33. The number of aliphatic imine (C=N–C) groups is 1. The Labute approximate surface area is 98.1 Å². The Morgan fingerprint density at radius 1 is 1.50 bits per heavy atom. The standard InChI is InChI=1S/C11H13FN2OS/c1-15-8-3-4-9(12)10(7-8)14-11-13-5-2-6-16-11/h3-4,7H,2,5-6H2,1H3,(H,13,14). The number of hydrogen-bond donors (Lipinski definition) is 1. The third-order valence-electron chi connectivity index (χ3n) is 2.21. The van der Waals surface area contributed by atoms with E-state index >= 15 is 0 Å². The highest BCUT2D eigenvalue weighted by molar-refractivity contribution is 8.14. The molecule has 0 aromatic heterocycles. The summed E-state index contributed by atoms with van der Waals surface area (Å²) in [7, 11) is 1.56. The molecule has 0 aliphatic carbocycles. The van der Waals surface area contributed by atoms with E-state index in [2.05, 4.69) is 10.3 Å². The second kappa shape index (κ2) is 5.21. The number of nitrogens with one attached hydrogen (secondary N) is 1. The van der Waals surface area contributed by atoms with Gasteiger partial charge in [-0.25, -0.2) is 4.39 Å². The van der Waals surface area contributed by atoms with Crippen LogP contribution in [0.5, 0.6) is 5.75 Å². The molecule has 1 heterocycles. The molecule has 1 N–H and O–H groups in total. The summed E-state index contributed by atoms with van der Waals surface area (Å²) in [5.41, 5.74) is 0.410. The molecule has 5 heteroatoms. The number of thioether (sulfide) groups is 1. The van der Waals surface area contributed by atoms with Gasteiger partial charge in [0, 0.05) is 18.4 Å². The van der Waals surface area contributed by atoms with Crippen LogP contribution in [0.25, 0.3) is 0 Å². The molecule has 0 atom stereocenters. The predicted octanol–water partition coefficient (Wildman–Crippen LogP) is 2.74. The van der Waals surface area contributed by atoms with Crippen molar-refractivity contribution in [3.05, 3.63) is 24.0 Å². The number of amidine groups is 1. The number of benzene rings is 1. The highest BCUT2D eigenvalue weighted by Gasteiger charge is 2.09. The van der Waals surface area contributed by atoms with Crippen molar-refractivity contribution in [3.8, 4) is 5.75 Å². The van der Waals surface area contributed by atoms with E-state index in [1.807, 2.05) is 0 Å².